The molecule has 0 radical (unpaired) electrons. The van der Waals surface area contributed by atoms with Gasteiger partial charge in [0.2, 0.25) is 5.91 Å². The fraction of sp³-hybridized carbons (Fsp3) is 0.333. The van der Waals surface area contributed by atoms with Crippen molar-refractivity contribution < 1.29 is 14.3 Å². The summed E-state index contributed by atoms with van der Waals surface area (Å²) in [5.41, 5.74) is 8.26. The molecular weight excluding hydrogens is 436 g/mol. The molecule has 3 aromatic rings. The van der Waals surface area contributed by atoms with Gasteiger partial charge in [0.15, 0.2) is 11.5 Å². The first kappa shape index (κ1) is 23.2. The van der Waals surface area contributed by atoms with Crippen LogP contribution < -0.4 is 14.8 Å². The molecular formula is C30H32N2O3. The van der Waals surface area contributed by atoms with Crippen molar-refractivity contribution in [1.82, 2.24) is 0 Å². The number of methoxy groups -OCH3 is 1. The lowest BCUT2D eigenvalue weighted by molar-refractivity contribution is -0.114. The molecule has 0 aliphatic carbocycles. The molecule has 2 aliphatic rings. The number of anilines is 1. The first-order chi connectivity index (χ1) is 16.5. The lowest BCUT2D eigenvalue weighted by Crippen LogP contribution is -2.30. The van der Waals surface area contributed by atoms with Gasteiger partial charge < -0.3 is 14.8 Å². The Morgan fingerprint density at radius 2 is 1.54 bits per heavy atom. The summed E-state index contributed by atoms with van der Waals surface area (Å²) in [7, 11) is 1.71. The number of ether oxygens (including phenoxy) is 2. The summed E-state index contributed by atoms with van der Waals surface area (Å²) in [5.74, 6) is 1.58. The normalized spacial score (nSPS) is 17.0. The molecule has 2 aliphatic heterocycles. The van der Waals surface area contributed by atoms with E-state index in [1.807, 2.05) is 24.3 Å². The number of carbonyl (C=O) groups excluding carboxylic acids is 1. The molecule has 5 rings (SSSR count). The van der Waals surface area contributed by atoms with Gasteiger partial charge in [-0.2, -0.15) is 0 Å². The van der Waals surface area contributed by atoms with Crippen LogP contribution in [0.1, 0.15) is 56.9 Å². The Labute approximate surface area is 207 Å². The van der Waals surface area contributed by atoms with Crippen LogP contribution in [0.4, 0.5) is 5.69 Å². The molecule has 5 nitrogen and oxygen atoms in total. The van der Waals surface area contributed by atoms with Gasteiger partial charge in [-0.15, -0.1) is 0 Å². The highest BCUT2D eigenvalue weighted by molar-refractivity contribution is 6.16. The molecule has 5 heteroatoms. The fourth-order valence-electron chi connectivity index (χ4n) is 5.20. The standard InChI is InChI=1S/C30H32N2O3/c1-18(33)31-23-13-11-20(12-14-23)19-7-9-21(10-8-19)27-26-22(16-29(2,3)32-27)15-25(34-6)28-24(26)17-30(4,5)35-28/h7-15H,16-17H2,1-6H3,(H,31,33). The quantitative estimate of drug-likeness (QED) is 0.495. The maximum atomic E-state index is 11.3. The van der Waals surface area contributed by atoms with Crippen molar-refractivity contribution >= 4 is 17.3 Å². The Bertz CT molecular complexity index is 1330. The maximum absolute atomic E-state index is 11.3. The molecule has 0 fully saturated rings. The van der Waals surface area contributed by atoms with Gasteiger partial charge in [-0.3, -0.25) is 9.79 Å². The SMILES string of the molecule is COc1cc2c(c3c1OC(C)(C)C3)C(c1ccc(-c3ccc(NC(C)=O)cc3)cc1)=NC(C)(C)C2. The Hall–Kier alpha value is -3.60. The minimum atomic E-state index is -0.282. The predicted octanol–water partition coefficient (Wildman–Crippen LogP) is 6.21. The van der Waals surface area contributed by atoms with Crippen LogP contribution in [0.3, 0.4) is 0 Å². The van der Waals surface area contributed by atoms with Crippen LogP contribution in [0, 0.1) is 0 Å². The van der Waals surface area contributed by atoms with E-state index < -0.39 is 0 Å². The molecule has 0 spiro atoms. The van der Waals surface area contributed by atoms with Crippen molar-refractivity contribution in [2.75, 3.05) is 12.4 Å². The number of aliphatic imine (C=N–C) groups is 1. The van der Waals surface area contributed by atoms with Crippen LogP contribution in [0.25, 0.3) is 11.1 Å². The molecule has 1 N–H and O–H groups in total. The van der Waals surface area contributed by atoms with Crippen molar-refractivity contribution in [1.29, 1.82) is 0 Å². The van der Waals surface area contributed by atoms with E-state index >= 15 is 0 Å². The van der Waals surface area contributed by atoms with Crippen LogP contribution >= 0.6 is 0 Å². The monoisotopic (exact) mass is 468 g/mol. The topological polar surface area (TPSA) is 59.9 Å². The summed E-state index contributed by atoms with van der Waals surface area (Å²) in [6.07, 6.45) is 1.68. The van der Waals surface area contributed by atoms with Crippen LogP contribution in [-0.4, -0.2) is 29.9 Å². The summed E-state index contributed by atoms with van der Waals surface area (Å²) >= 11 is 0. The van der Waals surface area contributed by atoms with E-state index in [0.717, 1.165) is 52.4 Å². The van der Waals surface area contributed by atoms with E-state index in [4.69, 9.17) is 14.5 Å². The zero-order chi connectivity index (χ0) is 25.0. The number of carbonyl (C=O) groups is 1. The molecule has 0 saturated heterocycles. The average Bonchev–Trinajstić information content (AvgIpc) is 3.12. The first-order valence-electron chi connectivity index (χ1n) is 12.1. The third kappa shape index (κ3) is 4.43. The lowest BCUT2D eigenvalue weighted by atomic mass is 9.81. The average molecular weight is 469 g/mol. The number of rotatable bonds is 4. The van der Waals surface area contributed by atoms with Crippen molar-refractivity contribution in [3.8, 4) is 22.6 Å². The van der Waals surface area contributed by atoms with E-state index in [1.165, 1.54) is 23.6 Å². The molecule has 0 unspecified atom stereocenters. The third-order valence-corrected chi connectivity index (χ3v) is 6.60. The molecule has 0 bridgehead atoms. The van der Waals surface area contributed by atoms with E-state index in [0.29, 0.717) is 0 Å². The Morgan fingerprint density at radius 3 is 2.14 bits per heavy atom. The lowest BCUT2D eigenvalue weighted by Gasteiger charge is -2.31. The summed E-state index contributed by atoms with van der Waals surface area (Å²) in [4.78, 5) is 16.5. The summed E-state index contributed by atoms with van der Waals surface area (Å²) in [6, 6.07) is 18.6. The number of amides is 1. The van der Waals surface area contributed by atoms with Crippen LogP contribution in [0.5, 0.6) is 11.5 Å². The van der Waals surface area contributed by atoms with Gasteiger partial charge in [-0.1, -0.05) is 36.4 Å². The van der Waals surface area contributed by atoms with Gasteiger partial charge in [0.1, 0.15) is 5.60 Å². The highest BCUT2D eigenvalue weighted by atomic mass is 16.5. The fourth-order valence-corrected chi connectivity index (χ4v) is 5.20. The first-order valence-corrected chi connectivity index (χ1v) is 12.1. The van der Waals surface area contributed by atoms with Gasteiger partial charge in [0.05, 0.1) is 18.4 Å². The molecule has 0 atom stereocenters. The Kier molecular flexibility index (Phi) is 5.47. The number of fused-ring (bicyclic) bond motifs is 3. The maximum Gasteiger partial charge on any atom is 0.221 e. The predicted molar refractivity (Wildman–Crippen MR) is 141 cm³/mol. The molecule has 35 heavy (non-hydrogen) atoms. The summed E-state index contributed by atoms with van der Waals surface area (Å²) in [6.45, 7) is 10.1. The molecule has 180 valence electrons. The van der Waals surface area contributed by atoms with Gasteiger partial charge in [0.25, 0.3) is 0 Å². The number of nitrogens with zero attached hydrogens (tertiary/aromatic N) is 1. The minimum absolute atomic E-state index is 0.0727. The second-order valence-electron chi connectivity index (χ2n) is 10.7. The van der Waals surface area contributed by atoms with E-state index in [1.54, 1.807) is 7.11 Å². The van der Waals surface area contributed by atoms with Gasteiger partial charge >= 0.3 is 0 Å². The molecule has 0 saturated carbocycles. The number of benzene rings is 3. The largest absolute Gasteiger partial charge is 0.493 e. The number of hydrogen-bond acceptors (Lipinski definition) is 4. The second kappa shape index (κ2) is 8.26. The zero-order valence-electron chi connectivity index (χ0n) is 21.3. The highest BCUT2D eigenvalue weighted by Crippen LogP contribution is 2.47. The van der Waals surface area contributed by atoms with Crippen LogP contribution in [0.2, 0.25) is 0 Å². The van der Waals surface area contributed by atoms with E-state index in [-0.39, 0.29) is 17.0 Å². The number of hydrogen-bond donors (Lipinski definition) is 1. The van der Waals surface area contributed by atoms with Gasteiger partial charge in [-0.05, 0) is 69.0 Å². The second-order valence-corrected chi connectivity index (χ2v) is 10.7. The summed E-state index contributed by atoms with van der Waals surface area (Å²) < 4.78 is 12.1. The summed E-state index contributed by atoms with van der Waals surface area (Å²) in [5, 5.41) is 2.81. The van der Waals surface area contributed by atoms with Gasteiger partial charge in [0, 0.05) is 35.7 Å². The molecule has 1 amide bonds. The smallest absolute Gasteiger partial charge is 0.221 e. The van der Waals surface area contributed by atoms with Crippen LogP contribution in [0.15, 0.2) is 59.6 Å². The Balaban J connectivity index is 1.55. The minimum Gasteiger partial charge on any atom is -0.493 e. The van der Waals surface area contributed by atoms with Crippen molar-refractivity contribution in [2.45, 2.75) is 58.6 Å². The molecule has 3 aromatic carbocycles. The van der Waals surface area contributed by atoms with Crippen LogP contribution in [-0.2, 0) is 17.6 Å². The van der Waals surface area contributed by atoms with Crippen molar-refractivity contribution in [3.05, 3.63) is 76.9 Å². The van der Waals surface area contributed by atoms with E-state index in [9.17, 15) is 4.79 Å². The number of nitrogens with one attached hydrogen (secondary N) is 1. The molecule has 0 aromatic heterocycles. The molecule has 2 heterocycles. The van der Waals surface area contributed by atoms with Crippen molar-refractivity contribution in [2.24, 2.45) is 4.99 Å². The third-order valence-electron chi connectivity index (χ3n) is 6.60. The zero-order valence-corrected chi connectivity index (χ0v) is 21.3. The highest BCUT2D eigenvalue weighted by Gasteiger charge is 2.39. The van der Waals surface area contributed by atoms with Crippen molar-refractivity contribution in [3.63, 3.8) is 0 Å². The van der Waals surface area contributed by atoms with E-state index in [2.05, 4.69) is 63.3 Å². The Morgan fingerprint density at radius 1 is 0.943 bits per heavy atom. The van der Waals surface area contributed by atoms with Gasteiger partial charge in [-0.25, -0.2) is 0 Å².